The van der Waals surface area contributed by atoms with E-state index in [0.29, 0.717) is 0 Å². The molecule has 0 aliphatic heterocycles. The number of nitrogens with two attached hydrogens (primary N) is 1. The number of hydrogen-bond donors (Lipinski definition) is 2. The summed E-state index contributed by atoms with van der Waals surface area (Å²) in [6, 6.07) is 7.57. The van der Waals surface area contributed by atoms with Gasteiger partial charge in [-0.15, -0.1) is 0 Å². The van der Waals surface area contributed by atoms with Gasteiger partial charge in [0.1, 0.15) is 11.2 Å². The van der Waals surface area contributed by atoms with E-state index < -0.39 is 10.0 Å². The number of aromatic nitrogens is 1. The van der Waals surface area contributed by atoms with Crippen LogP contribution >= 0.6 is 0 Å². The molecule has 0 aliphatic rings. The van der Waals surface area contributed by atoms with Crippen LogP contribution in [0.2, 0.25) is 0 Å². The van der Waals surface area contributed by atoms with E-state index in [1.807, 2.05) is 0 Å². The fraction of sp³-hybridized carbons (Fsp3) is 0. The van der Waals surface area contributed by atoms with Gasteiger partial charge in [-0.25, -0.2) is 8.42 Å². The molecule has 0 saturated carbocycles. The van der Waals surface area contributed by atoms with Crippen LogP contribution in [0, 0.1) is 0 Å². The van der Waals surface area contributed by atoms with E-state index in [-0.39, 0.29) is 46.0 Å². The Morgan fingerprint density at radius 1 is 1.24 bits per heavy atom. The van der Waals surface area contributed by atoms with E-state index in [1.165, 1.54) is 24.5 Å². The Balaban J connectivity index is 0.00000144. The Kier molecular flexibility index (Phi) is 4.58. The van der Waals surface area contributed by atoms with E-state index in [1.54, 1.807) is 12.1 Å². The minimum atomic E-state index is -3.71. The molecule has 17 heavy (non-hydrogen) atoms. The molecule has 2 aromatic rings. The second-order valence-electron chi connectivity index (χ2n) is 3.03. The summed E-state index contributed by atoms with van der Waals surface area (Å²) in [7, 11) is -3.71. The van der Waals surface area contributed by atoms with Gasteiger partial charge in [0.25, 0.3) is 10.0 Å². The molecule has 1 heterocycles. The molecular weight excluding hydrogens is 253 g/mol. The van der Waals surface area contributed by atoms with Crippen molar-refractivity contribution < 1.29 is 12.9 Å². The first-order valence-electron chi connectivity index (χ1n) is 4.37. The molecule has 1 aromatic carbocycles. The van der Waals surface area contributed by atoms with Crippen molar-refractivity contribution >= 4 is 51.1 Å². The third-order valence-corrected chi connectivity index (χ3v) is 3.31. The third-order valence-electron chi connectivity index (χ3n) is 1.89. The fourth-order valence-electron chi connectivity index (χ4n) is 1.18. The molecular formula is C9H10N3NaO3S. The van der Waals surface area contributed by atoms with Gasteiger partial charge in [-0.3, -0.25) is 4.72 Å². The number of hydrogen-bond acceptors (Lipinski definition) is 5. The van der Waals surface area contributed by atoms with Gasteiger partial charge in [0.2, 0.25) is 0 Å². The Labute approximate surface area is 121 Å². The molecule has 3 N–H and O–H groups in total. The van der Waals surface area contributed by atoms with Crippen molar-refractivity contribution in [3.05, 3.63) is 36.6 Å². The Hall–Kier alpha value is -1.02. The number of benzene rings is 1. The summed E-state index contributed by atoms with van der Waals surface area (Å²) in [4.78, 5) is 0.0120. The van der Waals surface area contributed by atoms with Crippen molar-refractivity contribution in [3.8, 4) is 0 Å². The van der Waals surface area contributed by atoms with Crippen LogP contribution in [0.1, 0.15) is 0 Å². The van der Waals surface area contributed by atoms with Crippen LogP contribution in [0.4, 0.5) is 11.5 Å². The standard InChI is InChI=1S/C9H9N3O3S.Na.H/c10-7-3-1-2-4-8(7)16(13,14)12-9-5-6-15-11-9;;/h1-6H,10H2,(H,11,12);;. The van der Waals surface area contributed by atoms with Gasteiger partial charge in [-0.1, -0.05) is 17.3 Å². The van der Waals surface area contributed by atoms with E-state index >= 15 is 0 Å². The van der Waals surface area contributed by atoms with Crippen LogP contribution in [0.3, 0.4) is 0 Å². The Morgan fingerprint density at radius 2 is 1.94 bits per heavy atom. The minimum absolute atomic E-state index is 0. The van der Waals surface area contributed by atoms with Crippen molar-refractivity contribution in [2.24, 2.45) is 0 Å². The molecule has 8 heteroatoms. The molecule has 0 bridgehead atoms. The number of nitrogen functional groups attached to an aromatic ring is 1. The second kappa shape index (κ2) is 5.54. The summed E-state index contributed by atoms with van der Waals surface area (Å²) in [5, 5.41) is 3.45. The molecule has 1 aromatic heterocycles. The van der Waals surface area contributed by atoms with Crippen molar-refractivity contribution in [2.45, 2.75) is 4.90 Å². The van der Waals surface area contributed by atoms with Gasteiger partial charge in [-0.2, -0.15) is 0 Å². The normalized spacial score (nSPS) is 10.6. The maximum atomic E-state index is 11.8. The Morgan fingerprint density at radius 3 is 2.53 bits per heavy atom. The van der Waals surface area contributed by atoms with Crippen molar-refractivity contribution in [1.82, 2.24) is 5.16 Å². The first-order valence-corrected chi connectivity index (χ1v) is 5.85. The zero-order valence-electron chi connectivity index (χ0n) is 8.12. The van der Waals surface area contributed by atoms with E-state index in [9.17, 15) is 8.42 Å². The quantitative estimate of drug-likeness (QED) is 0.617. The van der Waals surface area contributed by atoms with E-state index in [2.05, 4.69) is 14.4 Å². The molecule has 0 amide bonds. The molecule has 0 radical (unpaired) electrons. The zero-order chi connectivity index (χ0) is 11.6. The molecule has 0 unspecified atom stereocenters. The first-order chi connectivity index (χ1) is 7.59. The van der Waals surface area contributed by atoms with E-state index in [0.717, 1.165) is 0 Å². The SMILES string of the molecule is Nc1ccccc1S(=O)(=O)Nc1ccon1.[NaH]. The van der Waals surface area contributed by atoms with Crippen LogP contribution in [-0.4, -0.2) is 43.1 Å². The average Bonchev–Trinajstić information content (AvgIpc) is 2.70. The molecule has 86 valence electrons. The van der Waals surface area contributed by atoms with Crippen molar-refractivity contribution in [2.75, 3.05) is 10.5 Å². The van der Waals surface area contributed by atoms with Gasteiger partial charge in [0.05, 0.1) is 5.69 Å². The summed E-state index contributed by atoms with van der Waals surface area (Å²) in [6.45, 7) is 0. The van der Waals surface area contributed by atoms with Gasteiger partial charge in [0, 0.05) is 6.07 Å². The van der Waals surface area contributed by atoms with Crippen LogP contribution in [-0.2, 0) is 10.0 Å². The molecule has 0 aliphatic carbocycles. The average molecular weight is 263 g/mol. The number of para-hydroxylation sites is 1. The predicted octanol–water partition coefficient (Wildman–Crippen LogP) is 0.409. The zero-order valence-corrected chi connectivity index (χ0v) is 8.94. The van der Waals surface area contributed by atoms with Gasteiger partial charge in [0.15, 0.2) is 5.82 Å². The molecule has 0 saturated heterocycles. The number of anilines is 2. The number of sulfonamides is 1. The van der Waals surface area contributed by atoms with E-state index in [4.69, 9.17) is 5.73 Å². The summed E-state index contributed by atoms with van der Waals surface area (Å²) >= 11 is 0. The topological polar surface area (TPSA) is 98.2 Å². The molecule has 0 spiro atoms. The fourth-order valence-corrected chi connectivity index (χ4v) is 2.31. The van der Waals surface area contributed by atoms with Crippen LogP contribution in [0.25, 0.3) is 0 Å². The monoisotopic (exact) mass is 263 g/mol. The summed E-state index contributed by atoms with van der Waals surface area (Å²) in [5.41, 5.74) is 5.75. The number of nitrogens with one attached hydrogen (secondary N) is 1. The molecule has 6 nitrogen and oxygen atoms in total. The molecule has 0 atom stereocenters. The summed E-state index contributed by atoms with van der Waals surface area (Å²) in [5.74, 6) is 0.114. The van der Waals surface area contributed by atoms with Crippen molar-refractivity contribution in [3.63, 3.8) is 0 Å². The first kappa shape index (κ1) is 14.0. The maximum absolute atomic E-state index is 11.8. The van der Waals surface area contributed by atoms with Gasteiger partial charge >= 0.3 is 29.6 Å². The predicted molar refractivity (Wildman–Crippen MR) is 65.3 cm³/mol. The second-order valence-corrected chi connectivity index (χ2v) is 4.68. The van der Waals surface area contributed by atoms with Gasteiger partial charge < -0.3 is 10.3 Å². The third kappa shape index (κ3) is 3.22. The Bertz CT molecular complexity index is 583. The molecule has 0 fully saturated rings. The van der Waals surface area contributed by atoms with Crippen LogP contribution < -0.4 is 10.5 Å². The van der Waals surface area contributed by atoms with Crippen LogP contribution in [0.5, 0.6) is 0 Å². The summed E-state index contributed by atoms with van der Waals surface area (Å²) in [6.07, 6.45) is 1.27. The van der Waals surface area contributed by atoms with Crippen LogP contribution in [0.15, 0.2) is 46.0 Å². The van der Waals surface area contributed by atoms with Gasteiger partial charge in [-0.05, 0) is 12.1 Å². The number of rotatable bonds is 3. The molecule has 2 rings (SSSR count). The summed E-state index contributed by atoms with van der Waals surface area (Å²) < 4.78 is 30.5. The number of nitrogens with zero attached hydrogens (tertiary/aromatic N) is 1. The van der Waals surface area contributed by atoms with Crippen molar-refractivity contribution in [1.29, 1.82) is 0 Å².